The summed E-state index contributed by atoms with van der Waals surface area (Å²) in [5.74, 6) is 1.60. The maximum absolute atomic E-state index is 6.43. The van der Waals surface area contributed by atoms with Crippen molar-refractivity contribution in [1.29, 1.82) is 0 Å². The molecule has 1 aliphatic rings. The van der Waals surface area contributed by atoms with E-state index in [1.54, 1.807) is 14.2 Å². The zero-order valence-corrected chi connectivity index (χ0v) is 18.4. The molecule has 3 nitrogen and oxygen atoms in total. The molecule has 0 saturated heterocycles. The molecule has 0 N–H and O–H groups in total. The summed E-state index contributed by atoms with van der Waals surface area (Å²) >= 11 is 6.43. The van der Waals surface area contributed by atoms with Crippen molar-refractivity contribution in [2.75, 3.05) is 20.8 Å². The quantitative estimate of drug-likeness (QED) is 0.482. The van der Waals surface area contributed by atoms with Crippen molar-refractivity contribution in [2.45, 2.75) is 45.6 Å². The van der Waals surface area contributed by atoms with Gasteiger partial charge in [-0.2, -0.15) is 0 Å². The molecular weight excluding hydrogens is 393 g/mol. The molecule has 3 rings (SSSR count). The molecule has 2 aromatic rings. The van der Waals surface area contributed by atoms with Crippen LogP contribution in [0.25, 0.3) is 0 Å². The lowest BCUT2D eigenvalue weighted by Gasteiger charge is -2.21. The smallest absolute Gasteiger partial charge is 0.184 e. The lowest BCUT2D eigenvalue weighted by molar-refractivity contribution is -0.545. The second-order valence-electron chi connectivity index (χ2n) is 7.03. The Morgan fingerprint density at radius 1 is 1.04 bits per heavy atom. The van der Waals surface area contributed by atoms with Gasteiger partial charge in [0.1, 0.15) is 6.54 Å². The summed E-state index contributed by atoms with van der Waals surface area (Å²) in [5, 5.41) is 0.837. The third-order valence-electron chi connectivity index (χ3n) is 5.29. The molecule has 0 spiro atoms. The molecule has 0 radical (unpaired) electrons. The van der Waals surface area contributed by atoms with Crippen LogP contribution in [0, 0.1) is 0 Å². The molecule has 1 heterocycles. The first-order chi connectivity index (χ1) is 13.2. The Labute approximate surface area is 179 Å². The fraction of sp³-hybridized carbons (Fsp3) is 0.435. The maximum atomic E-state index is 6.43. The van der Waals surface area contributed by atoms with E-state index in [0.29, 0.717) is 0 Å². The second kappa shape index (κ2) is 10.7. The van der Waals surface area contributed by atoms with Crippen LogP contribution in [0.2, 0.25) is 5.02 Å². The van der Waals surface area contributed by atoms with Crippen molar-refractivity contribution in [3.63, 3.8) is 0 Å². The van der Waals surface area contributed by atoms with Crippen LogP contribution >= 0.6 is 11.6 Å². The first-order valence-electron chi connectivity index (χ1n) is 9.77. The minimum absolute atomic E-state index is 0. The van der Waals surface area contributed by atoms with Gasteiger partial charge in [0.25, 0.3) is 0 Å². The van der Waals surface area contributed by atoms with E-state index < -0.39 is 0 Å². The molecule has 5 heteroatoms. The van der Waals surface area contributed by atoms with E-state index in [4.69, 9.17) is 21.1 Å². The van der Waals surface area contributed by atoms with E-state index in [0.717, 1.165) is 42.5 Å². The van der Waals surface area contributed by atoms with Crippen LogP contribution in [-0.4, -0.2) is 31.1 Å². The zero-order valence-electron chi connectivity index (χ0n) is 16.9. The number of hydrogen-bond acceptors (Lipinski definition) is 2. The maximum Gasteiger partial charge on any atom is 0.184 e. The highest BCUT2D eigenvalue weighted by Crippen LogP contribution is 2.33. The molecule has 0 atom stereocenters. The summed E-state index contributed by atoms with van der Waals surface area (Å²) in [6.45, 7) is 4.08. The highest BCUT2D eigenvalue weighted by atomic mass is 35.5. The van der Waals surface area contributed by atoms with E-state index in [9.17, 15) is 0 Å². The Morgan fingerprint density at radius 3 is 2.43 bits per heavy atom. The van der Waals surface area contributed by atoms with Crippen molar-refractivity contribution in [1.82, 2.24) is 0 Å². The Morgan fingerprint density at radius 2 is 1.75 bits per heavy atom. The average molecular weight is 422 g/mol. The molecule has 1 aliphatic heterocycles. The zero-order chi connectivity index (χ0) is 19.2. The van der Waals surface area contributed by atoms with Crippen molar-refractivity contribution in [2.24, 2.45) is 0 Å². The fourth-order valence-corrected chi connectivity index (χ4v) is 3.99. The molecule has 0 unspecified atom stereocenters. The minimum Gasteiger partial charge on any atom is -1.00 e. The fourth-order valence-electron chi connectivity index (χ4n) is 3.80. The first kappa shape index (κ1) is 22.6. The summed E-state index contributed by atoms with van der Waals surface area (Å²) < 4.78 is 13.6. The average Bonchev–Trinajstić information content (AvgIpc) is 2.70. The highest BCUT2D eigenvalue weighted by Gasteiger charge is 2.28. The highest BCUT2D eigenvalue weighted by molar-refractivity contribution is 6.31. The SMILES string of the molecule is CCCCCC1=[N+](Cc2ccccc2Cl)CCc2cc(OC)c(OC)cc21.[Cl-]. The van der Waals surface area contributed by atoms with Gasteiger partial charge in [-0.3, -0.25) is 0 Å². The number of ether oxygens (including phenoxy) is 2. The van der Waals surface area contributed by atoms with Gasteiger partial charge in [0.2, 0.25) is 0 Å². The van der Waals surface area contributed by atoms with E-state index in [1.165, 1.54) is 41.7 Å². The van der Waals surface area contributed by atoms with E-state index in [1.807, 2.05) is 12.1 Å². The predicted octanol–water partition coefficient (Wildman–Crippen LogP) is 2.50. The molecule has 0 bridgehead atoms. The van der Waals surface area contributed by atoms with Crippen LogP contribution in [0.4, 0.5) is 0 Å². The number of nitrogens with zero attached hydrogens (tertiary/aromatic N) is 1. The number of halogens is 2. The summed E-state index contributed by atoms with van der Waals surface area (Å²) in [4.78, 5) is 0. The molecule has 0 fully saturated rings. The molecule has 152 valence electrons. The van der Waals surface area contributed by atoms with Crippen molar-refractivity contribution < 1.29 is 26.5 Å². The van der Waals surface area contributed by atoms with Crippen LogP contribution in [0.3, 0.4) is 0 Å². The summed E-state index contributed by atoms with van der Waals surface area (Å²) in [5.41, 5.74) is 5.21. The number of hydrogen-bond donors (Lipinski definition) is 0. The first-order valence-corrected chi connectivity index (χ1v) is 10.1. The van der Waals surface area contributed by atoms with Crippen LogP contribution in [-0.2, 0) is 13.0 Å². The Hall–Kier alpha value is -1.71. The summed E-state index contributed by atoms with van der Waals surface area (Å²) in [6, 6.07) is 12.4. The molecule has 0 saturated carbocycles. The Bertz CT molecular complexity index is 833. The predicted molar refractivity (Wildman–Crippen MR) is 112 cm³/mol. The standard InChI is InChI=1S/C23H29ClNO2.ClH/c1-4-5-6-11-21-19-15-23(27-3)22(26-2)14-17(19)12-13-25(21)16-18-9-7-8-10-20(18)24;/h7-10,14-15H,4-6,11-13,16H2,1-3H3;1H/q+1;/p-1. The monoisotopic (exact) mass is 421 g/mol. The number of unbranched alkanes of at least 4 members (excludes halogenated alkanes) is 2. The van der Waals surface area contributed by atoms with Crippen molar-refractivity contribution in [3.8, 4) is 11.5 Å². The third kappa shape index (κ3) is 5.01. The molecule has 0 amide bonds. The van der Waals surface area contributed by atoms with Crippen molar-refractivity contribution in [3.05, 3.63) is 58.1 Å². The van der Waals surface area contributed by atoms with Gasteiger partial charge in [-0.1, -0.05) is 49.6 Å². The van der Waals surface area contributed by atoms with Gasteiger partial charge in [0.05, 0.1) is 19.2 Å². The molecule has 28 heavy (non-hydrogen) atoms. The van der Waals surface area contributed by atoms with Gasteiger partial charge in [0.15, 0.2) is 23.8 Å². The molecular formula is C23H29Cl2NO2. The lowest BCUT2D eigenvalue weighted by atomic mass is 9.92. The number of methoxy groups -OCH3 is 2. The molecule has 0 aliphatic carbocycles. The number of fused-ring (bicyclic) bond motifs is 1. The van der Waals surface area contributed by atoms with Crippen LogP contribution in [0.5, 0.6) is 11.5 Å². The third-order valence-corrected chi connectivity index (χ3v) is 5.66. The normalized spacial score (nSPS) is 13.0. The van der Waals surface area contributed by atoms with Crippen LogP contribution in [0.15, 0.2) is 36.4 Å². The summed E-state index contributed by atoms with van der Waals surface area (Å²) in [6.07, 6.45) is 5.72. The summed E-state index contributed by atoms with van der Waals surface area (Å²) in [7, 11) is 3.40. The topological polar surface area (TPSA) is 21.5 Å². The van der Waals surface area contributed by atoms with Gasteiger partial charge in [-0.25, -0.2) is 4.58 Å². The largest absolute Gasteiger partial charge is 1.00 e. The van der Waals surface area contributed by atoms with Crippen LogP contribution in [0.1, 0.15) is 49.3 Å². The Kier molecular flexibility index (Phi) is 8.65. The van der Waals surface area contributed by atoms with Gasteiger partial charge in [-0.05, 0) is 30.2 Å². The number of rotatable bonds is 8. The Balaban J connectivity index is 0.00000280. The van der Waals surface area contributed by atoms with E-state index in [2.05, 4.69) is 35.8 Å². The molecule has 0 aromatic heterocycles. The van der Waals surface area contributed by atoms with Crippen molar-refractivity contribution >= 4 is 17.3 Å². The number of benzene rings is 2. The van der Waals surface area contributed by atoms with E-state index >= 15 is 0 Å². The van der Waals surface area contributed by atoms with Gasteiger partial charge in [0, 0.05) is 24.0 Å². The van der Waals surface area contributed by atoms with E-state index in [-0.39, 0.29) is 12.4 Å². The van der Waals surface area contributed by atoms with Gasteiger partial charge >= 0.3 is 0 Å². The second-order valence-corrected chi connectivity index (χ2v) is 7.44. The van der Waals surface area contributed by atoms with Gasteiger partial charge < -0.3 is 21.9 Å². The minimum atomic E-state index is 0. The molecule has 2 aromatic carbocycles. The van der Waals surface area contributed by atoms with Gasteiger partial charge in [-0.15, -0.1) is 0 Å². The lowest BCUT2D eigenvalue weighted by Crippen LogP contribution is -3.00. The van der Waals surface area contributed by atoms with Crippen LogP contribution < -0.4 is 21.9 Å².